The van der Waals surface area contributed by atoms with Gasteiger partial charge in [0.05, 0.1) is 17.6 Å². The van der Waals surface area contributed by atoms with Gasteiger partial charge in [-0.25, -0.2) is 17.9 Å². The number of sulfonamides is 1. The van der Waals surface area contributed by atoms with Gasteiger partial charge in [0, 0.05) is 6.04 Å². The maximum absolute atomic E-state index is 12.4. The fourth-order valence-electron chi connectivity index (χ4n) is 2.02. The van der Waals surface area contributed by atoms with E-state index in [0.29, 0.717) is 0 Å². The smallest absolute Gasteiger partial charge is 0.337 e. The van der Waals surface area contributed by atoms with Crippen molar-refractivity contribution in [2.45, 2.75) is 17.9 Å². The van der Waals surface area contributed by atoms with Crippen LogP contribution in [0.4, 0.5) is 0 Å². The third-order valence-corrected chi connectivity index (χ3v) is 4.74. The molecular weight excluding hydrogens is 302 g/mol. The molecule has 0 aliphatic carbocycles. The number of hydrogen-bond acceptors (Lipinski definition) is 4. The molecule has 6 heteroatoms. The second-order valence-electron chi connectivity index (χ2n) is 4.77. The number of ether oxygens (including phenoxy) is 1. The molecule has 0 amide bonds. The molecule has 0 aliphatic heterocycles. The van der Waals surface area contributed by atoms with E-state index in [1.807, 2.05) is 30.3 Å². The SMILES string of the molecule is COC(=O)c1cccc(S(=O)(=O)N[C@H](C)c2ccccc2)c1. The van der Waals surface area contributed by atoms with E-state index in [-0.39, 0.29) is 16.5 Å². The van der Waals surface area contributed by atoms with Crippen LogP contribution in [-0.2, 0) is 14.8 Å². The van der Waals surface area contributed by atoms with Crippen LogP contribution in [0.25, 0.3) is 0 Å². The average Bonchev–Trinajstić information content (AvgIpc) is 2.54. The average molecular weight is 319 g/mol. The van der Waals surface area contributed by atoms with E-state index in [9.17, 15) is 13.2 Å². The largest absolute Gasteiger partial charge is 0.465 e. The highest BCUT2D eigenvalue weighted by Gasteiger charge is 2.19. The summed E-state index contributed by atoms with van der Waals surface area (Å²) in [5, 5.41) is 0. The van der Waals surface area contributed by atoms with Gasteiger partial charge in [0.2, 0.25) is 10.0 Å². The molecule has 116 valence electrons. The Morgan fingerprint density at radius 1 is 1.09 bits per heavy atom. The highest BCUT2D eigenvalue weighted by atomic mass is 32.2. The van der Waals surface area contributed by atoms with Gasteiger partial charge < -0.3 is 4.74 Å². The Kier molecular flexibility index (Phi) is 4.95. The van der Waals surface area contributed by atoms with Gasteiger partial charge in [-0.3, -0.25) is 0 Å². The van der Waals surface area contributed by atoms with Crippen molar-refractivity contribution in [2.24, 2.45) is 0 Å². The van der Waals surface area contributed by atoms with E-state index in [4.69, 9.17) is 0 Å². The maximum Gasteiger partial charge on any atom is 0.337 e. The van der Waals surface area contributed by atoms with Crippen molar-refractivity contribution in [3.05, 3.63) is 65.7 Å². The van der Waals surface area contributed by atoms with Crippen molar-refractivity contribution in [3.63, 3.8) is 0 Å². The first-order chi connectivity index (χ1) is 10.4. The van der Waals surface area contributed by atoms with Crippen molar-refractivity contribution < 1.29 is 17.9 Å². The standard InChI is InChI=1S/C16H17NO4S/c1-12(13-7-4-3-5-8-13)17-22(19,20)15-10-6-9-14(11-15)16(18)21-2/h3-12,17H,1-2H3/t12-/m1/s1. The minimum atomic E-state index is -3.73. The van der Waals surface area contributed by atoms with E-state index in [0.717, 1.165) is 5.56 Å². The van der Waals surface area contributed by atoms with Crippen LogP contribution in [0, 0.1) is 0 Å². The summed E-state index contributed by atoms with van der Waals surface area (Å²) in [6.07, 6.45) is 0. The van der Waals surface area contributed by atoms with Gasteiger partial charge in [-0.2, -0.15) is 0 Å². The number of carbonyl (C=O) groups excluding carboxylic acids is 1. The lowest BCUT2D eigenvalue weighted by atomic mass is 10.1. The van der Waals surface area contributed by atoms with E-state index >= 15 is 0 Å². The monoisotopic (exact) mass is 319 g/mol. The fraction of sp³-hybridized carbons (Fsp3) is 0.188. The molecule has 2 rings (SSSR count). The minimum Gasteiger partial charge on any atom is -0.465 e. The first kappa shape index (κ1) is 16.2. The van der Waals surface area contributed by atoms with E-state index in [1.165, 1.54) is 31.4 Å². The molecule has 0 aromatic heterocycles. The number of rotatable bonds is 5. The van der Waals surface area contributed by atoms with Crippen LogP contribution < -0.4 is 4.72 Å². The summed E-state index contributed by atoms with van der Waals surface area (Å²) in [6, 6.07) is 14.6. The molecule has 0 saturated carbocycles. The number of methoxy groups -OCH3 is 1. The van der Waals surface area contributed by atoms with Gasteiger partial charge in [0.25, 0.3) is 0 Å². The molecule has 1 N–H and O–H groups in total. The molecule has 0 spiro atoms. The molecule has 0 radical (unpaired) electrons. The quantitative estimate of drug-likeness (QED) is 0.860. The number of hydrogen-bond donors (Lipinski definition) is 1. The van der Waals surface area contributed by atoms with Crippen molar-refractivity contribution in [3.8, 4) is 0 Å². The van der Waals surface area contributed by atoms with Gasteiger partial charge >= 0.3 is 5.97 Å². The minimum absolute atomic E-state index is 0.0261. The third kappa shape index (κ3) is 3.72. The highest BCUT2D eigenvalue weighted by Crippen LogP contribution is 2.18. The molecule has 0 aliphatic rings. The normalized spacial score (nSPS) is 12.6. The van der Waals surface area contributed by atoms with Crippen molar-refractivity contribution in [1.29, 1.82) is 0 Å². The van der Waals surface area contributed by atoms with Crippen molar-refractivity contribution >= 4 is 16.0 Å². The molecule has 0 bridgehead atoms. The Morgan fingerprint density at radius 3 is 2.41 bits per heavy atom. The number of benzene rings is 2. The Morgan fingerprint density at radius 2 is 1.77 bits per heavy atom. The zero-order valence-electron chi connectivity index (χ0n) is 12.3. The summed E-state index contributed by atoms with van der Waals surface area (Å²) in [6.45, 7) is 1.76. The molecule has 0 heterocycles. The van der Waals surface area contributed by atoms with Crippen LogP contribution >= 0.6 is 0 Å². The summed E-state index contributed by atoms with van der Waals surface area (Å²) >= 11 is 0. The maximum atomic E-state index is 12.4. The molecule has 5 nitrogen and oxygen atoms in total. The topological polar surface area (TPSA) is 72.5 Å². The van der Waals surface area contributed by atoms with Gasteiger partial charge in [-0.15, -0.1) is 0 Å². The van der Waals surface area contributed by atoms with E-state index in [1.54, 1.807) is 6.92 Å². The molecule has 2 aromatic rings. The predicted octanol–water partition coefficient (Wildman–Crippen LogP) is 2.51. The Labute approximate surface area is 130 Å². The third-order valence-electron chi connectivity index (χ3n) is 3.20. The first-order valence-electron chi connectivity index (χ1n) is 6.69. The van der Waals surface area contributed by atoms with Gasteiger partial charge in [-0.05, 0) is 30.7 Å². The highest BCUT2D eigenvalue weighted by molar-refractivity contribution is 7.89. The first-order valence-corrected chi connectivity index (χ1v) is 8.18. The van der Waals surface area contributed by atoms with Crippen LogP contribution in [0.15, 0.2) is 59.5 Å². The van der Waals surface area contributed by atoms with Crippen molar-refractivity contribution in [1.82, 2.24) is 4.72 Å². The van der Waals surface area contributed by atoms with Crippen LogP contribution in [-0.4, -0.2) is 21.5 Å². The lowest BCUT2D eigenvalue weighted by Gasteiger charge is -2.15. The van der Waals surface area contributed by atoms with Gasteiger partial charge in [-0.1, -0.05) is 36.4 Å². The number of carbonyl (C=O) groups is 1. The zero-order chi connectivity index (χ0) is 16.2. The van der Waals surface area contributed by atoms with Gasteiger partial charge in [0.15, 0.2) is 0 Å². The molecule has 1 atom stereocenters. The molecule has 2 aromatic carbocycles. The van der Waals surface area contributed by atoms with Crippen LogP contribution in [0.3, 0.4) is 0 Å². The summed E-state index contributed by atoms with van der Waals surface area (Å²) in [5.41, 5.74) is 1.05. The van der Waals surface area contributed by atoms with Gasteiger partial charge in [0.1, 0.15) is 0 Å². The molecule has 0 unspecified atom stereocenters. The van der Waals surface area contributed by atoms with Crippen LogP contribution in [0.2, 0.25) is 0 Å². The van der Waals surface area contributed by atoms with E-state index < -0.39 is 16.0 Å². The number of esters is 1. The summed E-state index contributed by atoms with van der Waals surface area (Å²) in [5.74, 6) is -0.576. The lowest BCUT2D eigenvalue weighted by Crippen LogP contribution is -2.27. The van der Waals surface area contributed by atoms with Crippen LogP contribution in [0.1, 0.15) is 28.9 Å². The lowest BCUT2D eigenvalue weighted by molar-refractivity contribution is 0.0600. The molecular formula is C16H17NO4S. The molecule has 0 fully saturated rings. The predicted molar refractivity (Wildman–Crippen MR) is 83.0 cm³/mol. The zero-order valence-corrected chi connectivity index (χ0v) is 13.1. The van der Waals surface area contributed by atoms with Crippen molar-refractivity contribution in [2.75, 3.05) is 7.11 Å². The summed E-state index contributed by atoms with van der Waals surface area (Å²) < 4.78 is 32.0. The Bertz CT molecular complexity index is 757. The Balaban J connectivity index is 2.25. The summed E-state index contributed by atoms with van der Waals surface area (Å²) in [4.78, 5) is 11.5. The fourth-order valence-corrected chi connectivity index (χ4v) is 3.30. The second-order valence-corrected chi connectivity index (χ2v) is 6.49. The molecule has 0 saturated heterocycles. The van der Waals surface area contributed by atoms with Crippen LogP contribution in [0.5, 0.6) is 0 Å². The number of nitrogens with one attached hydrogen (secondary N) is 1. The molecule has 22 heavy (non-hydrogen) atoms. The van der Waals surface area contributed by atoms with E-state index in [2.05, 4.69) is 9.46 Å². The Hall–Kier alpha value is -2.18. The second kappa shape index (κ2) is 6.72. The summed E-state index contributed by atoms with van der Waals surface area (Å²) in [7, 11) is -2.48.